The van der Waals surface area contributed by atoms with Crippen molar-refractivity contribution in [2.75, 3.05) is 18.0 Å². The molecule has 0 aliphatic carbocycles. The Morgan fingerprint density at radius 3 is 2.58 bits per heavy atom. The minimum Gasteiger partial charge on any atom is -0.489 e. The number of ether oxygens (including phenoxy) is 2. The number of nitriles is 1. The van der Waals surface area contributed by atoms with Gasteiger partial charge in [0.15, 0.2) is 5.82 Å². The molecule has 0 radical (unpaired) electrons. The zero-order valence-corrected chi connectivity index (χ0v) is 17.8. The molecule has 0 atom stereocenters. The summed E-state index contributed by atoms with van der Waals surface area (Å²) in [5.74, 6) is 1.79. The van der Waals surface area contributed by atoms with Crippen LogP contribution in [0.5, 0.6) is 11.6 Å². The summed E-state index contributed by atoms with van der Waals surface area (Å²) in [6.07, 6.45) is 3.28. The quantitative estimate of drug-likeness (QED) is 0.620. The van der Waals surface area contributed by atoms with Crippen LogP contribution in [0.3, 0.4) is 0 Å². The second-order valence-corrected chi connectivity index (χ2v) is 7.76. The van der Waals surface area contributed by atoms with Crippen LogP contribution in [0.4, 0.5) is 5.82 Å². The number of nitrogens with zero attached hydrogens (tertiary/aromatic N) is 6. The van der Waals surface area contributed by atoms with Crippen LogP contribution < -0.4 is 20.1 Å². The summed E-state index contributed by atoms with van der Waals surface area (Å²) >= 11 is 0. The largest absolute Gasteiger partial charge is 0.489 e. The van der Waals surface area contributed by atoms with E-state index in [4.69, 9.17) is 9.47 Å². The molecule has 9 nitrogen and oxygen atoms in total. The first-order chi connectivity index (χ1) is 14.9. The molecule has 9 heteroatoms. The van der Waals surface area contributed by atoms with Crippen molar-refractivity contribution in [1.29, 1.82) is 5.26 Å². The molecule has 0 N–H and O–H groups in total. The Kier molecular flexibility index (Phi) is 5.71. The van der Waals surface area contributed by atoms with E-state index < -0.39 is 0 Å². The van der Waals surface area contributed by atoms with Gasteiger partial charge < -0.3 is 14.4 Å². The number of hydrogen-bond acceptors (Lipinski definition) is 8. The Labute approximate surface area is 179 Å². The predicted octanol–water partition coefficient (Wildman–Crippen LogP) is 2.43. The topological polar surface area (TPSA) is 106 Å². The first kappa shape index (κ1) is 20.6. The first-order valence-electron chi connectivity index (χ1n) is 10.3. The van der Waals surface area contributed by atoms with E-state index in [2.05, 4.69) is 21.0 Å². The molecule has 4 rings (SSSR count). The third kappa shape index (κ3) is 4.43. The van der Waals surface area contributed by atoms with E-state index in [1.807, 2.05) is 30.9 Å². The summed E-state index contributed by atoms with van der Waals surface area (Å²) in [5, 5.41) is 9.21. The number of pyridine rings is 2. The van der Waals surface area contributed by atoms with Crippen molar-refractivity contribution >= 4 is 16.9 Å². The highest BCUT2D eigenvalue weighted by atomic mass is 16.5. The molecule has 0 unspecified atom stereocenters. The lowest BCUT2D eigenvalue weighted by Gasteiger charge is -2.33. The standard InChI is InChI=1S/C22H24N6O3/c1-14(2)30-17-5-7-19(24-13-17)31-16-8-10-28(11-9-16)21-20-18(27(3)22(29)26-21)6-4-15(12-23)25-20/h4-7,13-14,16H,8-11H2,1-3H3. The van der Waals surface area contributed by atoms with E-state index in [9.17, 15) is 10.1 Å². The smallest absolute Gasteiger partial charge is 0.349 e. The number of hydrogen-bond donors (Lipinski definition) is 0. The molecule has 0 aromatic carbocycles. The molecule has 1 fully saturated rings. The molecule has 0 spiro atoms. The Bertz CT molecular complexity index is 1170. The fraction of sp³-hybridized carbons (Fsp3) is 0.409. The molecule has 0 bridgehead atoms. The summed E-state index contributed by atoms with van der Waals surface area (Å²) < 4.78 is 13.1. The molecule has 3 aromatic rings. The maximum Gasteiger partial charge on any atom is 0.349 e. The van der Waals surface area contributed by atoms with Gasteiger partial charge in [-0.05, 0) is 32.0 Å². The lowest BCUT2D eigenvalue weighted by molar-refractivity contribution is 0.163. The van der Waals surface area contributed by atoms with E-state index in [-0.39, 0.29) is 17.9 Å². The number of rotatable bonds is 5. The van der Waals surface area contributed by atoms with E-state index in [0.29, 0.717) is 47.3 Å². The first-order valence-corrected chi connectivity index (χ1v) is 10.3. The number of aryl methyl sites for hydroxylation is 1. The van der Waals surface area contributed by atoms with E-state index in [1.165, 1.54) is 4.57 Å². The number of anilines is 1. The van der Waals surface area contributed by atoms with Gasteiger partial charge >= 0.3 is 5.69 Å². The third-order valence-electron chi connectivity index (χ3n) is 5.16. The summed E-state index contributed by atoms with van der Waals surface area (Å²) in [6, 6.07) is 9.06. The molecule has 0 amide bonds. The molecule has 160 valence electrons. The van der Waals surface area contributed by atoms with Crippen LogP contribution in [0.1, 0.15) is 32.4 Å². The van der Waals surface area contributed by atoms with Crippen LogP contribution in [0.2, 0.25) is 0 Å². The monoisotopic (exact) mass is 420 g/mol. The van der Waals surface area contributed by atoms with Gasteiger partial charge in [0.2, 0.25) is 5.88 Å². The second-order valence-electron chi connectivity index (χ2n) is 7.76. The predicted molar refractivity (Wildman–Crippen MR) is 115 cm³/mol. The Morgan fingerprint density at radius 1 is 1.16 bits per heavy atom. The summed E-state index contributed by atoms with van der Waals surface area (Å²) in [6.45, 7) is 5.25. The fourth-order valence-corrected chi connectivity index (χ4v) is 3.63. The van der Waals surface area contributed by atoms with Gasteiger partial charge in [-0.1, -0.05) is 0 Å². The lowest BCUT2D eigenvalue weighted by Crippen LogP contribution is -2.40. The van der Waals surface area contributed by atoms with Crippen molar-refractivity contribution in [1.82, 2.24) is 19.5 Å². The summed E-state index contributed by atoms with van der Waals surface area (Å²) in [5.41, 5.74) is 1.16. The molecule has 1 aliphatic rings. The number of aromatic nitrogens is 4. The SMILES string of the molecule is CC(C)Oc1ccc(OC2CCN(c3nc(=O)n(C)c4ccc(C#N)nc34)CC2)nc1. The van der Waals surface area contributed by atoms with Gasteiger partial charge in [0, 0.05) is 39.0 Å². The van der Waals surface area contributed by atoms with Crippen molar-refractivity contribution in [2.24, 2.45) is 7.05 Å². The normalized spacial score (nSPS) is 14.6. The van der Waals surface area contributed by atoms with Crippen molar-refractivity contribution in [3.05, 3.63) is 46.6 Å². The number of fused-ring (bicyclic) bond motifs is 1. The Hall–Kier alpha value is -3.67. The molecular weight excluding hydrogens is 396 g/mol. The molecular formula is C22H24N6O3. The molecule has 1 aliphatic heterocycles. The third-order valence-corrected chi connectivity index (χ3v) is 5.16. The van der Waals surface area contributed by atoms with Crippen LogP contribution >= 0.6 is 0 Å². The maximum absolute atomic E-state index is 12.3. The van der Waals surface area contributed by atoms with Crippen molar-refractivity contribution in [3.63, 3.8) is 0 Å². The second kappa shape index (κ2) is 8.60. The highest BCUT2D eigenvalue weighted by Gasteiger charge is 2.25. The van der Waals surface area contributed by atoms with Gasteiger partial charge in [-0.3, -0.25) is 4.57 Å². The molecule has 1 saturated heterocycles. The van der Waals surface area contributed by atoms with Crippen LogP contribution in [0, 0.1) is 11.3 Å². The minimum atomic E-state index is -0.347. The molecule has 4 heterocycles. The van der Waals surface area contributed by atoms with Gasteiger partial charge in [0.05, 0.1) is 17.8 Å². The number of piperidine rings is 1. The Morgan fingerprint density at radius 2 is 1.94 bits per heavy atom. The Balaban J connectivity index is 1.48. The average molecular weight is 420 g/mol. The van der Waals surface area contributed by atoms with Crippen molar-refractivity contribution < 1.29 is 9.47 Å². The van der Waals surface area contributed by atoms with Crippen molar-refractivity contribution in [3.8, 4) is 17.7 Å². The minimum absolute atomic E-state index is 0.0149. The van der Waals surface area contributed by atoms with Gasteiger partial charge in [0.1, 0.15) is 29.1 Å². The highest BCUT2D eigenvalue weighted by Crippen LogP contribution is 2.26. The van der Waals surface area contributed by atoms with Crippen LogP contribution in [0.15, 0.2) is 35.3 Å². The summed E-state index contributed by atoms with van der Waals surface area (Å²) in [7, 11) is 1.65. The van der Waals surface area contributed by atoms with Gasteiger partial charge in [-0.25, -0.2) is 14.8 Å². The maximum atomic E-state index is 12.3. The fourth-order valence-electron chi connectivity index (χ4n) is 3.63. The van der Waals surface area contributed by atoms with Crippen LogP contribution in [-0.2, 0) is 7.05 Å². The van der Waals surface area contributed by atoms with Gasteiger partial charge in [0.25, 0.3) is 0 Å². The van der Waals surface area contributed by atoms with Crippen LogP contribution in [-0.4, -0.2) is 44.8 Å². The highest BCUT2D eigenvalue weighted by molar-refractivity contribution is 5.86. The van der Waals surface area contributed by atoms with E-state index >= 15 is 0 Å². The lowest BCUT2D eigenvalue weighted by atomic mass is 10.1. The van der Waals surface area contributed by atoms with E-state index in [1.54, 1.807) is 25.4 Å². The van der Waals surface area contributed by atoms with Crippen molar-refractivity contribution in [2.45, 2.75) is 38.9 Å². The zero-order chi connectivity index (χ0) is 22.0. The van der Waals surface area contributed by atoms with Gasteiger partial charge in [-0.2, -0.15) is 10.2 Å². The molecule has 0 saturated carbocycles. The zero-order valence-electron chi connectivity index (χ0n) is 17.8. The molecule has 31 heavy (non-hydrogen) atoms. The van der Waals surface area contributed by atoms with Crippen LogP contribution in [0.25, 0.3) is 11.0 Å². The van der Waals surface area contributed by atoms with E-state index in [0.717, 1.165) is 12.8 Å². The average Bonchev–Trinajstić information content (AvgIpc) is 2.77. The summed E-state index contributed by atoms with van der Waals surface area (Å²) in [4.78, 5) is 27.3. The molecule has 3 aromatic heterocycles. The van der Waals surface area contributed by atoms with Gasteiger partial charge in [-0.15, -0.1) is 0 Å².